The molecule has 1 aromatic rings. The molecule has 0 aliphatic heterocycles. The number of hydrogen-bond acceptors (Lipinski definition) is 5. The van der Waals surface area contributed by atoms with Crippen LogP contribution in [0.1, 0.15) is 0 Å². The minimum Gasteiger partial charge on any atom is -0.280 e. The molecule has 0 fully saturated rings. The van der Waals surface area contributed by atoms with Crippen LogP contribution in [0.15, 0.2) is 15.8 Å². The zero-order valence-electron chi connectivity index (χ0n) is 6.76. The first-order valence-electron chi connectivity index (χ1n) is 3.41. The molecule has 0 spiro atoms. The molecule has 0 aromatic carbocycles. The maximum atomic E-state index is 10.9. The van der Waals surface area contributed by atoms with Crippen LogP contribution in [-0.4, -0.2) is 14.5 Å². The fourth-order valence-corrected chi connectivity index (χ4v) is 0.822. The van der Waals surface area contributed by atoms with E-state index >= 15 is 0 Å². The minimum absolute atomic E-state index is 0.351. The van der Waals surface area contributed by atoms with Gasteiger partial charge in [0.2, 0.25) is 0 Å². The van der Waals surface area contributed by atoms with Gasteiger partial charge in [-0.2, -0.15) is 5.26 Å². The van der Waals surface area contributed by atoms with Crippen LogP contribution in [0.25, 0.3) is 0 Å². The van der Waals surface area contributed by atoms with Crippen molar-refractivity contribution in [3.05, 3.63) is 37.1 Å². The molecule has 0 bridgehead atoms. The van der Waals surface area contributed by atoms with Crippen molar-refractivity contribution in [3.63, 3.8) is 0 Å². The summed E-state index contributed by atoms with van der Waals surface area (Å²) in [5.74, 6) is 0. The summed E-state index contributed by atoms with van der Waals surface area (Å²) in [4.78, 5) is 32.9. The van der Waals surface area contributed by atoms with Crippen molar-refractivity contribution in [2.75, 3.05) is 0 Å². The number of nitro groups is 1. The third-order valence-electron chi connectivity index (χ3n) is 1.43. The van der Waals surface area contributed by atoms with Gasteiger partial charge in [0, 0.05) is 0 Å². The monoisotopic (exact) mass is 196 g/mol. The molecule has 0 radical (unpaired) electrons. The van der Waals surface area contributed by atoms with Gasteiger partial charge in [0.25, 0.3) is 0 Å². The van der Waals surface area contributed by atoms with E-state index in [1.165, 1.54) is 0 Å². The van der Waals surface area contributed by atoms with E-state index in [2.05, 4.69) is 0 Å². The summed E-state index contributed by atoms with van der Waals surface area (Å²) in [6.45, 7) is -0.351. The van der Waals surface area contributed by atoms with Crippen molar-refractivity contribution in [1.29, 1.82) is 5.26 Å². The predicted molar refractivity (Wildman–Crippen MR) is 43.6 cm³/mol. The average Bonchev–Trinajstić information content (AvgIpc) is 2.09. The van der Waals surface area contributed by atoms with Gasteiger partial charge in [-0.15, -0.1) is 0 Å². The normalized spacial score (nSPS) is 9.36. The summed E-state index contributed by atoms with van der Waals surface area (Å²) in [6.07, 6.45) is 0.740. The Labute approximate surface area is 76.2 Å². The van der Waals surface area contributed by atoms with Crippen LogP contribution in [0.5, 0.6) is 0 Å². The molecule has 1 aromatic heterocycles. The number of nitrogens with zero attached hydrogens (tertiary/aromatic N) is 3. The highest BCUT2D eigenvalue weighted by molar-refractivity contribution is 5.20. The first-order chi connectivity index (χ1) is 6.56. The molecule has 1 heterocycles. The number of aromatic amines is 1. The Kier molecular flexibility index (Phi) is 2.43. The van der Waals surface area contributed by atoms with Crippen molar-refractivity contribution in [3.8, 4) is 6.07 Å². The van der Waals surface area contributed by atoms with E-state index in [9.17, 15) is 19.7 Å². The smallest absolute Gasteiger partial charge is 0.280 e. The second-order valence-corrected chi connectivity index (χ2v) is 2.32. The molecule has 0 saturated carbocycles. The lowest BCUT2D eigenvalue weighted by atomic mass is 10.5. The Morgan fingerprint density at radius 2 is 2.29 bits per heavy atom. The molecule has 0 saturated heterocycles. The molecular weight excluding hydrogens is 192 g/mol. The standard InChI is InChI=1S/C6H4N4O4/c7-1-2-9-3-4(10(13)14)5(11)8-6(9)12/h3H,2H2,(H,8,11,12). The van der Waals surface area contributed by atoms with Crippen LogP contribution in [0.2, 0.25) is 0 Å². The first-order valence-corrected chi connectivity index (χ1v) is 3.41. The van der Waals surface area contributed by atoms with Crippen molar-refractivity contribution in [2.45, 2.75) is 6.54 Å². The summed E-state index contributed by atoms with van der Waals surface area (Å²) in [5.41, 5.74) is -2.68. The SMILES string of the molecule is N#CCn1cc([N+](=O)[O-])c(=O)[nH]c1=O. The highest BCUT2D eigenvalue weighted by Gasteiger charge is 2.14. The van der Waals surface area contributed by atoms with Gasteiger partial charge in [0.15, 0.2) is 0 Å². The summed E-state index contributed by atoms with van der Waals surface area (Å²) in [5, 5.41) is 18.5. The second kappa shape index (κ2) is 3.53. The van der Waals surface area contributed by atoms with E-state index in [0.717, 1.165) is 10.8 Å². The molecule has 0 amide bonds. The van der Waals surface area contributed by atoms with E-state index in [1.807, 2.05) is 0 Å². The fourth-order valence-electron chi connectivity index (χ4n) is 0.822. The van der Waals surface area contributed by atoms with Crippen LogP contribution in [0, 0.1) is 21.4 Å². The van der Waals surface area contributed by atoms with E-state index < -0.39 is 21.9 Å². The Hall–Kier alpha value is -2.43. The molecular formula is C6H4N4O4. The third kappa shape index (κ3) is 1.66. The van der Waals surface area contributed by atoms with Gasteiger partial charge in [0.1, 0.15) is 6.54 Å². The molecule has 0 unspecified atom stereocenters. The van der Waals surface area contributed by atoms with E-state index in [1.54, 1.807) is 11.1 Å². The van der Waals surface area contributed by atoms with Gasteiger partial charge in [-0.25, -0.2) is 4.79 Å². The van der Waals surface area contributed by atoms with Crippen molar-refractivity contribution < 1.29 is 4.92 Å². The average molecular weight is 196 g/mol. The maximum Gasteiger partial charge on any atom is 0.350 e. The lowest BCUT2D eigenvalue weighted by molar-refractivity contribution is -0.386. The van der Waals surface area contributed by atoms with Gasteiger partial charge >= 0.3 is 16.9 Å². The number of aromatic nitrogens is 2. The molecule has 1 N–H and O–H groups in total. The summed E-state index contributed by atoms with van der Waals surface area (Å²) >= 11 is 0. The molecule has 72 valence electrons. The molecule has 0 atom stereocenters. The molecule has 0 aliphatic carbocycles. The number of rotatable bonds is 2. The lowest BCUT2D eigenvalue weighted by Gasteiger charge is -1.96. The van der Waals surface area contributed by atoms with Crippen LogP contribution < -0.4 is 11.2 Å². The fraction of sp³-hybridized carbons (Fsp3) is 0.167. The molecule has 1 rings (SSSR count). The quantitative estimate of drug-likeness (QED) is 0.478. The van der Waals surface area contributed by atoms with Crippen LogP contribution in [0.4, 0.5) is 5.69 Å². The van der Waals surface area contributed by atoms with Gasteiger partial charge in [-0.3, -0.25) is 24.5 Å². The summed E-state index contributed by atoms with van der Waals surface area (Å²) in [7, 11) is 0. The van der Waals surface area contributed by atoms with Crippen LogP contribution >= 0.6 is 0 Å². The number of hydrogen-bond donors (Lipinski definition) is 1. The maximum absolute atomic E-state index is 10.9. The molecule has 8 heteroatoms. The van der Waals surface area contributed by atoms with E-state index in [0.29, 0.717) is 0 Å². The zero-order chi connectivity index (χ0) is 10.7. The third-order valence-corrected chi connectivity index (χ3v) is 1.43. The van der Waals surface area contributed by atoms with Crippen molar-refractivity contribution in [2.24, 2.45) is 0 Å². The first kappa shape index (κ1) is 9.66. The number of H-pyrrole nitrogens is 1. The van der Waals surface area contributed by atoms with E-state index in [-0.39, 0.29) is 6.54 Å². The summed E-state index contributed by atoms with van der Waals surface area (Å²) < 4.78 is 0.750. The van der Waals surface area contributed by atoms with E-state index in [4.69, 9.17) is 5.26 Å². The van der Waals surface area contributed by atoms with Gasteiger partial charge in [-0.05, 0) is 0 Å². The van der Waals surface area contributed by atoms with Crippen molar-refractivity contribution >= 4 is 5.69 Å². The molecule has 0 aliphatic rings. The number of nitriles is 1. The Morgan fingerprint density at radius 3 is 2.79 bits per heavy atom. The second-order valence-electron chi connectivity index (χ2n) is 2.32. The van der Waals surface area contributed by atoms with Gasteiger partial charge in [0.05, 0.1) is 17.2 Å². The Balaban J connectivity index is 3.44. The Morgan fingerprint density at radius 1 is 1.64 bits per heavy atom. The van der Waals surface area contributed by atoms with Gasteiger partial charge < -0.3 is 0 Å². The summed E-state index contributed by atoms with van der Waals surface area (Å²) in [6, 6.07) is 1.63. The topological polar surface area (TPSA) is 122 Å². The number of nitrogens with one attached hydrogen (secondary N) is 1. The highest BCUT2D eigenvalue weighted by atomic mass is 16.6. The molecule has 8 nitrogen and oxygen atoms in total. The lowest BCUT2D eigenvalue weighted by Crippen LogP contribution is -2.30. The molecule has 14 heavy (non-hydrogen) atoms. The Bertz CT molecular complexity index is 520. The highest BCUT2D eigenvalue weighted by Crippen LogP contribution is 1.97. The van der Waals surface area contributed by atoms with Gasteiger partial charge in [-0.1, -0.05) is 0 Å². The largest absolute Gasteiger partial charge is 0.350 e. The zero-order valence-corrected chi connectivity index (χ0v) is 6.76. The van der Waals surface area contributed by atoms with Crippen LogP contribution in [0.3, 0.4) is 0 Å². The predicted octanol–water partition coefficient (Wildman–Crippen LogP) is -1.03. The van der Waals surface area contributed by atoms with Crippen molar-refractivity contribution in [1.82, 2.24) is 9.55 Å². The minimum atomic E-state index is -1.07. The van der Waals surface area contributed by atoms with Crippen LogP contribution in [-0.2, 0) is 6.54 Å².